The summed E-state index contributed by atoms with van der Waals surface area (Å²) in [4.78, 5) is 27.4. The number of benzene rings is 1. The summed E-state index contributed by atoms with van der Waals surface area (Å²) in [5, 5.41) is 10.6. The molecule has 29 heavy (non-hydrogen) atoms. The highest BCUT2D eigenvalue weighted by atomic mass is 32.1. The molecular formula is C22H25NO5S. The fraction of sp³-hybridized carbons (Fsp3) is 0.455. The third-order valence-electron chi connectivity index (χ3n) is 5.88. The molecule has 1 aromatic carbocycles. The number of carbonyl (C=O) groups excluding carboxylic acids is 2. The molecule has 1 amide bonds. The molecule has 7 heteroatoms. The van der Waals surface area contributed by atoms with Crippen LogP contribution in [0.2, 0.25) is 0 Å². The lowest BCUT2D eigenvalue weighted by Gasteiger charge is -2.35. The molecule has 2 aliphatic rings. The van der Waals surface area contributed by atoms with Crippen molar-refractivity contribution in [2.45, 2.75) is 32.0 Å². The highest BCUT2D eigenvalue weighted by Gasteiger charge is 2.44. The number of rotatable bonds is 5. The van der Waals surface area contributed by atoms with Crippen LogP contribution in [0.4, 0.5) is 0 Å². The van der Waals surface area contributed by atoms with Crippen LogP contribution < -0.4 is 9.47 Å². The minimum atomic E-state index is -0.581. The van der Waals surface area contributed by atoms with Gasteiger partial charge in [0.25, 0.3) is 5.91 Å². The second kappa shape index (κ2) is 8.16. The van der Waals surface area contributed by atoms with Crippen molar-refractivity contribution >= 4 is 23.0 Å². The van der Waals surface area contributed by atoms with Gasteiger partial charge in [-0.2, -0.15) is 0 Å². The third-order valence-corrected chi connectivity index (χ3v) is 7.06. The van der Waals surface area contributed by atoms with Crippen LogP contribution in [0.5, 0.6) is 11.5 Å². The summed E-state index contributed by atoms with van der Waals surface area (Å²) in [5.74, 6) is 1.76. The Kier molecular flexibility index (Phi) is 5.61. The molecule has 1 saturated carbocycles. The molecule has 4 rings (SSSR count). The molecule has 2 aromatic rings. The van der Waals surface area contributed by atoms with Gasteiger partial charge in [-0.25, -0.2) is 0 Å². The van der Waals surface area contributed by atoms with E-state index in [1.165, 1.54) is 18.3 Å². The van der Waals surface area contributed by atoms with E-state index >= 15 is 0 Å². The number of hydrogen-bond acceptors (Lipinski definition) is 6. The van der Waals surface area contributed by atoms with Gasteiger partial charge in [-0.3, -0.25) is 9.59 Å². The monoisotopic (exact) mass is 415 g/mol. The lowest BCUT2D eigenvalue weighted by atomic mass is 9.78. The van der Waals surface area contributed by atoms with Crippen LogP contribution in [0, 0.1) is 11.8 Å². The van der Waals surface area contributed by atoms with E-state index in [9.17, 15) is 14.7 Å². The Bertz CT molecular complexity index is 910. The van der Waals surface area contributed by atoms with Crippen LogP contribution in [-0.4, -0.2) is 54.1 Å². The van der Waals surface area contributed by atoms with E-state index in [1.807, 2.05) is 29.2 Å². The molecule has 2 heterocycles. The first kappa shape index (κ1) is 19.9. The van der Waals surface area contributed by atoms with Crippen LogP contribution in [-0.2, 0) is 0 Å². The molecule has 4 atom stereocenters. The number of methoxy groups -OCH3 is 1. The molecule has 0 bridgehead atoms. The van der Waals surface area contributed by atoms with Gasteiger partial charge in [0.2, 0.25) is 0 Å². The molecule has 0 radical (unpaired) electrons. The second-order valence-corrected chi connectivity index (χ2v) is 8.88. The van der Waals surface area contributed by atoms with E-state index in [-0.39, 0.29) is 29.6 Å². The van der Waals surface area contributed by atoms with Crippen molar-refractivity contribution in [3.63, 3.8) is 0 Å². The largest absolute Gasteiger partial charge is 0.493 e. The molecule has 1 aliphatic carbocycles. The Morgan fingerprint density at radius 3 is 2.34 bits per heavy atom. The molecule has 1 N–H and O–H groups in total. The van der Waals surface area contributed by atoms with Crippen LogP contribution in [0.3, 0.4) is 0 Å². The first-order valence-corrected chi connectivity index (χ1v) is 10.7. The number of thiophene rings is 1. The number of aliphatic hydroxyl groups excluding tert-OH is 1. The molecule has 0 spiro atoms. The van der Waals surface area contributed by atoms with Crippen molar-refractivity contribution in [2.75, 3.05) is 20.2 Å². The Labute approximate surface area is 174 Å². The van der Waals surface area contributed by atoms with Gasteiger partial charge < -0.3 is 19.5 Å². The highest BCUT2D eigenvalue weighted by Crippen LogP contribution is 2.40. The molecule has 6 nitrogen and oxygen atoms in total. The minimum Gasteiger partial charge on any atom is -0.493 e. The first-order valence-electron chi connectivity index (χ1n) is 9.84. The number of para-hydroxylation sites is 2. The molecule has 0 unspecified atom stereocenters. The number of hydrogen-bond donors (Lipinski definition) is 1. The van der Waals surface area contributed by atoms with Crippen molar-refractivity contribution in [3.05, 3.63) is 46.2 Å². The number of amides is 1. The Morgan fingerprint density at radius 1 is 1.03 bits per heavy atom. The van der Waals surface area contributed by atoms with Crippen LogP contribution in [0.15, 0.2) is 36.4 Å². The Hall–Kier alpha value is -2.38. The predicted octanol–water partition coefficient (Wildman–Crippen LogP) is 3.25. The number of ketones is 1. The molecule has 2 fully saturated rings. The van der Waals surface area contributed by atoms with Crippen LogP contribution in [0.25, 0.3) is 0 Å². The van der Waals surface area contributed by atoms with Gasteiger partial charge in [-0.15, -0.1) is 11.3 Å². The average Bonchev–Trinajstić information content (AvgIpc) is 3.35. The first-order chi connectivity index (χ1) is 14.0. The van der Waals surface area contributed by atoms with Crippen molar-refractivity contribution < 1.29 is 24.2 Å². The average molecular weight is 416 g/mol. The Balaban J connectivity index is 1.43. The molecule has 1 aliphatic heterocycles. The highest BCUT2D eigenvalue weighted by molar-refractivity contribution is 7.15. The summed E-state index contributed by atoms with van der Waals surface area (Å²) in [6.45, 7) is 2.79. The van der Waals surface area contributed by atoms with E-state index in [0.717, 1.165) is 0 Å². The molecular weight excluding hydrogens is 390 g/mol. The fourth-order valence-electron chi connectivity index (χ4n) is 4.36. The van der Waals surface area contributed by atoms with E-state index in [0.29, 0.717) is 47.2 Å². The van der Waals surface area contributed by atoms with E-state index < -0.39 is 6.10 Å². The maximum absolute atomic E-state index is 12.9. The van der Waals surface area contributed by atoms with Gasteiger partial charge in [0.1, 0.15) is 6.10 Å². The van der Waals surface area contributed by atoms with Crippen LogP contribution >= 0.6 is 11.3 Å². The van der Waals surface area contributed by atoms with E-state index in [1.54, 1.807) is 19.2 Å². The normalized spacial score (nSPS) is 26.1. The van der Waals surface area contributed by atoms with Crippen molar-refractivity contribution in [2.24, 2.45) is 11.8 Å². The van der Waals surface area contributed by atoms with Gasteiger partial charge >= 0.3 is 0 Å². The molecule has 154 valence electrons. The number of carbonyl (C=O) groups is 2. The van der Waals surface area contributed by atoms with Crippen molar-refractivity contribution in [3.8, 4) is 11.5 Å². The maximum Gasteiger partial charge on any atom is 0.263 e. The van der Waals surface area contributed by atoms with Gasteiger partial charge in [0.05, 0.1) is 23.0 Å². The standard InChI is InChI=1S/C22H25NO5S/c1-13(24)20-7-8-21(29-20)22(26)23-11-14-9-16(25)19(10-15(14)12-23)28-18-6-4-3-5-17(18)27-2/h3-8,14-16,19,25H,9-12H2,1-2H3/t14-,15+,16+,19+/m0/s1. The van der Waals surface area contributed by atoms with Crippen molar-refractivity contribution in [1.82, 2.24) is 4.90 Å². The summed E-state index contributed by atoms with van der Waals surface area (Å²) in [6, 6.07) is 10.9. The van der Waals surface area contributed by atoms with Gasteiger partial charge in [-0.1, -0.05) is 12.1 Å². The topological polar surface area (TPSA) is 76.1 Å². The van der Waals surface area contributed by atoms with Gasteiger partial charge in [0, 0.05) is 13.1 Å². The lowest BCUT2D eigenvalue weighted by Crippen LogP contribution is -2.42. The van der Waals surface area contributed by atoms with Gasteiger partial charge in [0.15, 0.2) is 17.3 Å². The smallest absolute Gasteiger partial charge is 0.263 e. The lowest BCUT2D eigenvalue weighted by molar-refractivity contribution is -0.0240. The zero-order chi connectivity index (χ0) is 20.5. The summed E-state index contributed by atoms with van der Waals surface area (Å²) in [5.41, 5.74) is 0. The second-order valence-electron chi connectivity index (χ2n) is 7.80. The molecule has 1 aromatic heterocycles. The summed E-state index contributed by atoms with van der Waals surface area (Å²) < 4.78 is 11.4. The van der Waals surface area contributed by atoms with Crippen LogP contribution in [0.1, 0.15) is 39.1 Å². The quantitative estimate of drug-likeness (QED) is 0.759. The van der Waals surface area contributed by atoms with E-state index in [2.05, 4.69) is 0 Å². The predicted molar refractivity (Wildman–Crippen MR) is 110 cm³/mol. The third kappa shape index (κ3) is 4.02. The molecule has 1 saturated heterocycles. The summed E-state index contributed by atoms with van der Waals surface area (Å²) in [6.07, 6.45) is 0.393. The van der Waals surface area contributed by atoms with E-state index in [4.69, 9.17) is 9.47 Å². The Morgan fingerprint density at radius 2 is 1.69 bits per heavy atom. The zero-order valence-electron chi connectivity index (χ0n) is 16.5. The summed E-state index contributed by atoms with van der Waals surface area (Å²) >= 11 is 1.25. The zero-order valence-corrected chi connectivity index (χ0v) is 17.4. The number of fused-ring (bicyclic) bond motifs is 1. The maximum atomic E-state index is 12.9. The summed E-state index contributed by atoms with van der Waals surface area (Å²) in [7, 11) is 1.60. The van der Waals surface area contributed by atoms with Gasteiger partial charge in [-0.05, 0) is 55.9 Å². The fourth-order valence-corrected chi connectivity index (χ4v) is 5.23. The number of ether oxygens (including phenoxy) is 2. The minimum absolute atomic E-state index is 0.0244. The van der Waals surface area contributed by atoms with Crippen molar-refractivity contribution in [1.29, 1.82) is 0 Å². The SMILES string of the molecule is COc1ccccc1O[C@@H]1C[C@@H]2CN(C(=O)c3ccc(C(C)=O)s3)C[C@@H]2C[C@H]1O. The number of nitrogens with zero attached hydrogens (tertiary/aromatic N) is 1. The number of aliphatic hydroxyl groups is 1. The number of likely N-dealkylation sites (tertiary alicyclic amines) is 1. The number of Topliss-reactive ketones (excluding diaryl/α,β-unsaturated/α-hetero) is 1.